The topological polar surface area (TPSA) is 92.3 Å². The molecule has 0 radical (unpaired) electrons. The van der Waals surface area contributed by atoms with E-state index in [-0.39, 0.29) is 18.1 Å². The van der Waals surface area contributed by atoms with Crippen molar-refractivity contribution in [2.24, 2.45) is 0 Å². The molecule has 1 heterocycles. The zero-order chi connectivity index (χ0) is 14.7. The van der Waals surface area contributed by atoms with Crippen LogP contribution in [0.4, 0.5) is 0 Å². The number of aromatic nitrogens is 2. The molecular formula is C14H14N2O4. The molecule has 0 amide bonds. The van der Waals surface area contributed by atoms with Crippen molar-refractivity contribution in [1.29, 1.82) is 0 Å². The van der Waals surface area contributed by atoms with E-state index in [4.69, 9.17) is 9.84 Å². The third-order valence-corrected chi connectivity index (χ3v) is 2.86. The summed E-state index contributed by atoms with van der Waals surface area (Å²) in [4.78, 5) is 28.4. The highest BCUT2D eigenvalue weighted by molar-refractivity contribution is 5.85. The Morgan fingerprint density at radius 3 is 2.70 bits per heavy atom. The van der Waals surface area contributed by atoms with Crippen LogP contribution < -0.4 is 10.3 Å². The van der Waals surface area contributed by atoms with Gasteiger partial charge >= 0.3 is 5.97 Å². The van der Waals surface area contributed by atoms with E-state index in [1.165, 1.54) is 0 Å². The summed E-state index contributed by atoms with van der Waals surface area (Å²) in [5.74, 6) is -0.437. The molecular weight excluding hydrogens is 260 g/mol. The van der Waals surface area contributed by atoms with Crippen LogP contribution in [-0.2, 0) is 6.61 Å². The lowest BCUT2D eigenvalue weighted by molar-refractivity contribution is 0.0689. The number of hydrogen-bond donors (Lipinski definition) is 2. The van der Waals surface area contributed by atoms with E-state index < -0.39 is 11.5 Å². The second-order valence-electron chi connectivity index (χ2n) is 4.42. The van der Waals surface area contributed by atoms with Gasteiger partial charge in [-0.2, -0.15) is 0 Å². The first-order valence-electron chi connectivity index (χ1n) is 5.99. The van der Waals surface area contributed by atoms with E-state index in [1.807, 2.05) is 32.0 Å². The zero-order valence-corrected chi connectivity index (χ0v) is 11.1. The molecule has 0 aliphatic carbocycles. The van der Waals surface area contributed by atoms with Crippen molar-refractivity contribution in [3.8, 4) is 5.75 Å². The molecule has 20 heavy (non-hydrogen) atoms. The van der Waals surface area contributed by atoms with E-state index in [1.54, 1.807) is 0 Å². The van der Waals surface area contributed by atoms with Crippen LogP contribution in [-0.4, -0.2) is 21.0 Å². The molecule has 0 saturated heterocycles. The summed E-state index contributed by atoms with van der Waals surface area (Å²) in [5, 5.41) is 8.83. The Morgan fingerprint density at radius 2 is 2.05 bits per heavy atom. The molecule has 6 nitrogen and oxygen atoms in total. The monoisotopic (exact) mass is 274 g/mol. The molecule has 104 valence electrons. The Hall–Kier alpha value is -2.63. The molecule has 0 bridgehead atoms. The van der Waals surface area contributed by atoms with Crippen molar-refractivity contribution in [3.05, 3.63) is 57.3 Å². The van der Waals surface area contributed by atoms with Crippen LogP contribution in [0.1, 0.15) is 27.4 Å². The lowest BCUT2D eigenvalue weighted by Gasteiger charge is -2.08. The third-order valence-electron chi connectivity index (χ3n) is 2.86. The van der Waals surface area contributed by atoms with Gasteiger partial charge in [0.2, 0.25) is 0 Å². The largest absolute Gasteiger partial charge is 0.486 e. The summed E-state index contributed by atoms with van der Waals surface area (Å²) in [6, 6.07) is 6.53. The maximum Gasteiger partial charge on any atom is 0.354 e. The molecule has 0 atom stereocenters. The van der Waals surface area contributed by atoms with Crippen LogP contribution >= 0.6 is 0 Å². The number of carboxylic acid groups (broad SMARTS) is 1. The van der Waals surface area contributed by atoms with Gasteiger partial charge in [0.05, 0.1) is 0 Å². The number of aryl methyl sites for hydroxylation is 2. The van der Waals surface area contributed by atoms with Gasteiger partial charge < -0.3 is 14.8 Å². The van der Waals surface area contributed by atoms with Crippen molar-refractivity contribution in [2.45, 2.75) is 20.5 Å². The number of rotatable bonds is 4. The Morgan fingerprint density at radius 1 is 1.30 bits per heavy atom. The molecule has 2 rings (SSSR count). The molecule has 0 unspecified atom stereocenters. The minimum atomic E-state index is -1.25. The molecule has 0 aliphatic heterocycles. The van der Waals surface area contributed by atoms with Crippen LogP contribution in [0.25, 0.3) is 0 Å². The lowest BCUT2D eigenvalue weighted by Crippen LogP contribution is -2.17. The number of carboxylic acids is 1. The fourth-order valence-electron chi connectivity index (χ4n) is 1.64. The molecule has 0 saturated carbocycles. The highest BCUT2D eigenvalue weighted by atomic mass is 16.5. The number of H-pyrrole nitrogens is 1. The van der Waals surface area contributed by atoms with Crippen LogP contribution in [0.15, 0.2) is 29.1 Å². The van der Waals surface area contributed by atoms with E-state index in [0.29, 0.717) is 5.75 Å². The van der Waals surface area contributed by atoms with Crippen molar-refractivity contribution < 1.29 is 14.6 Å². The maximum atomic E-state index is 11.3. The average Bonchev–Trinajstić information content (AvgIpc) is 2.39. The number of nitrogens with zero attached hydrogens (tertiary/aromatic N) is 1. The average molecular weight is 274 g/mol. The summed E-state index contributed by atoms with van der Waals surface area (Å²) in [7, 11) is 0. The van der Waals surface area contributed by atoms with Crippen LogP contribution in [0, 0.1) is 13.8 Å². The SMILES string of the molecule is Cc1ccc(OCc2nc(C(=O)O)cc(=O)[nH]2)cc1C. The van der Waals surface area contributed by atoms with Gasteiger partial charge in [0.1, 0.15) is 18.2 Å². The molecule has 6 heteroatoms. The Kier molecular flexibility index (Phi) is 3.84. The van der Waals surface area contributed by atoms with E-state index in [2.05, 4.69) is 9.97 Å². The fourth-order valence-corrected chi connectivity index (χ4v) is 1.64. The highest BCUT2D eigenvalue weighted by Gasteiger charge is 2.08. The van der Waals surface area contributed by atoms with Crippen LogP contribution in [0.2, 0.25) is 0 Å². The van der Waals surface area contributed by atoms with Gasteiger partial charge in [-0.05, 0) is 37.1 Å². The van der Waals surface area contributed by atoms with Crippen molar-refractivity contribution >= 4 is 5.97 Å². The second kappa shape index (κ2) is 5.56. The third kappa shape index (κ3) is 3.23. The maximum absolute atomic E-state index is 11.3. The first kappa shape index (κ1) is 13.8. The van der Waals surface area contributed by atoms with Gasteiger partial charge in [0, 0.05) is 6.07 Å². The molecule has 2 N–H and O–H groups in total. The number of aromatic carboxylic acids is 1. The number of aromatic amines is 1. The number of carbonyl (C=O) groups is 1. The fraction of sp³-hybridized carbons (Fsp3) is 0.214. The van der Waals surface area contributed by atoms with Gasteiger partial charge in [0.25, 0.3) is 5.56 Å². The normalized spacial score (nSPS) is 10.3. The predicted octanol–water partition coefficient (Wildman–Crippen LogP) is 1.66. The van der Waals surface area contributed by atoms with Gasteiger partial charge in [-0.15, -0.1) is 0 Å². The zero-order valence-electron chi connectivity index (χ0n) is 11.1. The number of ether oxygens (including phenoxy) is 1. The van der Waals surface area contributed by atoms with E-state index in [0.717, 1.165) is 17.2 Å². The molecule has 0 fully saturated rings. The first-order valence-corrected chi connectivity index (χ1v) is 5.99. The van der Waals surface area contributed by atoms with Crippen LogP contribution in [0.3, 0.4) is 0 Å². The van der Waals surface area contributed by atoms with Gasteiger partial charge in [0.15, 0.2) is 5.69 Å². The van der Waals surface area contributed by atoms with Crippen molar-refractivity contribution in [2.75, 3.05) is 0 Å². The Bertz CT molecular complexity index is 707. The first-order chi connectivity index (χ1) is 9.45. The van der Waals surface area contributed by atoms with E-state index in [9.17, 15) is 9.59 Å². The molecule has 1 aromatic heterocycles. The predicted molar refractivity (Wildman–Crippen MR) is 72.1 cm³/mol. The minimum absolute atomic E-state index is 0.00113. The summed E-state index contributed by atoms with van der Waals surface area (Å²) in [5.41, 5.74) is 1.42. The molecule has 2 aromatic rings. The van der Waals surface area contributed by atoms with Crippen LogP contribution in [0.5, 0.6) is 5.75 Å². The summed E-state index contributed by atoms with van der Waals surface area (Å²) in [6.45, 7) is 3.96. The number of hydrogen-bond acceptors (Lipinski definition) is 4. The lowest BCUT2D eigenvalue weighted by atomic mass is 10.1. The summed E-state index contributed by atoms with van der Waals surface area (Å²) in [6.07, 6.45) is 0. The number of benzene rings is 1. The molecule has 0 spiro atoms. The van der Waals surface area contributed by atoms with Crippen molar-refractivity contribution in [3.63, 3.8) is 0 Å². The smallest absolute Gasteiger partial charge is 0.354 e. The molecule has 1 aromatic carbocycles. The van der Waals surface area contributed by atoms with E-state index >= 15 is 0 Å². The molecule has 0 aliphatic rings. The second-order valence-corrected chi connectivity index (χ2v) is 4.42. The van der Waals surface area contributed by atoms with Gasteiger partial charge in [-0.1, -0.05) is 6.07 Å². The van der Waals surface area contributed by atoms with Gasteiger partial charge in [-0.25, -0.2) is 9.78 Å². The Balaban J connectivity index is 2.16. The minimum Gasteiger partial charge on any atom is -0.486 e. The summed E-state index contributed by atoms with van der Waals surface area (Å²) < 4.78 is 5.49. The highest BCUT2D eigenvalue weighted by Crippen LogP contribution is 2.17. The standard InChI is InChI=1S/C14H14N2O4/c1-8-3-4-10(5-9(8)2)20-7-12-15-11(14(18)19)6-13(17)16-12/h3-6H,7H2,1-2H3,(H,18,19)(H,15,16,17). The van der Waals surface area contributed by atoms with Gasteiger partial charge in [-0.3, -0.25) is 4.79 Å². The van der Waals surface area contributed by atoms with Crippen molar-refractivity contribution in [1.82, 2.24) is 9.97 Å². The Labute approximate surface area is 115 Å². The number of nitrogens with one attached hydrogen (secondary N) is 1. The summed E-state index contributed by atoms with van der Waals surface area (Å²) >= 11 is 0. The quantitative estimate of drug-likeness (QED) is 0.884.